The van der Waals surface area contributed by atoms with E-state index in [1.807, 2.05) is 42.5 Å². The molecular formula is C15H15ClN2O. The SMILES string of the molecule is NC(=O)c1ccccc1CNCc1ccc(Cl)cc1. The molecule has 1 amide bonds. The van der Waals surface area contributed by atoms with Gasteiger partial charge in [-0.25, -0.2) is 0 Å². The van der Waals surface area contributed by atoms with E-state index in [-0.39, 0.29) is 0 Å². The zero-order valence-corrected chi connectivity index (χ0v) is 11.2. The molecule has 0 atom stereocenters. The molecule has 0 aliphatic heterocycles. The van der Waals surface area contributed by atoms with E-state index in [1.54, 1.807) is 6.07 Å². The fraction of sp³-hybridized carbons (Fsp3) is 0.133. The molecule has 3 N–H and O–H groups in total. The quantitative estimate of drug-likeness (QED) is 0.881. The van der Waals surface area contributed by atoms with Crippen LogP contribution in [-0.2, 0) is 13.1 Å². The lowest BCUT2D eigenvalue weighted by atomic mass is 10.1. The van der Waals surface area contributed by atoms with Crippen LogP contribution in [0.15, 0.2) is 48.5 Å². The van der Waals surface area contributed by atoms with Crippen LogP contribution >= 0.6 is 11.6 Å². The van der Waals surface area contributed by atoms with Gasteiger partial charge in [-0.2, -0.15) is 0 Å². The Labute approximate surface area is 117 Å². The van der Waals surface area contributed by atoms with Crippen LogP contribution in [-0.4, -0.2) is 5.91 Å². The first-order chi connectivity index (χ1) is 9.16. The van der Waals surface area contributed by atoms with Gasteiger partial charge in [0.15, 0.2) is 0 Å². The molecule has 0 bridgehead atoms. The number of hydrogen-bond acceptors (Lipinski definition) is 2. The normalized spacial score (nSPS) is 10.4. The minimum atomic E-state index is -0.399. The summed E-state index contributed by atoms with van der Waals surface area (Å²) in [5.74, 6) is -0.399. The number of rotatable bonds is 5. The Hall–Kier alpha value is -1.84. The standard InChI is InChI=1S/C15H15ClN2O/c16-13-7-5-11(6-8-13)9-18-10-12-3-1-2-4-14(12)15(17)19/h1-8,18H,9-10H2,(H2,17,19). The molecule has 4 heteroatoms. The Morgan fingerprint density at radius 2 is 1.74 bits per heavy atom. The molecule has 98 valence electrons. The Kier molecular flexibility index (Phi) is 4.55. The molecule has 0 aliphatic rings. The summed E-state index contributed by atoms with van der Waals surface area (Å²) in [7, 11) is 0. The van der Waals surface area contributed by atoms with Crippen molar-refractivity contribution in [2.45, 2.75) is 13.1 Å². The van der Waals surface area contributed by atoms with Crippen LogP contribution in [0.3, 0.4) is 0 Å². The molecule has 2 aromatic rings. The van der Waals surface area contributed by atoms with Gasteiger partial charge in [0, 0.05) is 23.7 Å². The highest BCUT2D eigenvalue weighted by Crippen LogP contribution is 2.10. The van der Waals surface area contributed by atoms with Crippen LogP contribution in [0.5, 0.6) is 0 Å². The number of halogens is 1. The van der Waals surface area contributed by atoms with E-state index in [0.717, 1.165) is 16.1 Å². The van der Waals surface area contributed by atoms with Gasteiger partial charge in [-0.05, 0) is 29.3 Å². The van der Waals surface area contributed by atoms with Crippen molar-refractivity contribution in [1.82, 2.24) is 5.32 Å². The van der Waals surface area contributed by atoms with Crippen LogP contribution in [0.4, 0.5) is 0 Å². The molecular weight excluding hydrogens is 260 g/mol. The van der Waals surface area contributed by atoms with E-state index in [4.69, 9.17) is 17.3 Å². The molecule has 19 heavy (non-hydrogen) atoms. The predicted octanol–water partition coefficient (Wildman–Crippen LogP) is 2.73. The summed E-state index contributed by atoms with van der Waals surface area (Å²) in [6, 6.07) is 15.0. The molecule has 0 aliphatic carbocycles. The molecule has 0 aromatic heterocycles. The van der Waals surface area contributed by atoms with E-state index < -0.39 is 5.91 Å². The first-order valence-corrected chi connectivity index (χ1v) is 6.37. The molecule has 2 rings (SSSR count). The van der Waals surface area contributed by atoms with Gasteiger partial charge in [0.05, 0.1) is 0 Å². The zero-order valence-electron chi connectivity index (χ0n) is 10.4. The Morgan fingerprint density at radius 1 is 1.05 bits per heavy atom. The van der Waals surface area contributed by atoms with Gasteiger partial charge in [0.1, 0.15) is 0 Å². The highest BCUT2D eigenvalue weighted by Gasteiger charge is 2.06. The lowest BCUT2D eigenvalue weighted by Crippen LogP contribution is -2.18. The summed E-state index contributed by atoms with van der Waals surface area (Å²) in [5, 5.41) is 4.01. The maximum Gasteiger partial charge on any atom is 0.249 e. The van der Waals surface area contributed by atoms with Crippen molar-refractivity contribution < 1.29 is 4.79 Å². The highest BCUT2D eigenvalue weighted by atomic mass is 35.5. The van der Waals surface area contributed by atoms with Crippen LogP contribution in [0.25, 0.3) is 0 Å². The number of carbonyl (C=O) groups is 1. The van der Waals surface area contributed by atoms with Crippen molar-refractivity contribution in [1.29, 1.82) is 0 Å². The third-order valence-corrected chi connectivity index (χ3v) is 3.09. The summed E-state index contributed by atoms with van der Waals surface area (Å²) in [6.45, 7) is 1.31. The van der Waals surface area contributed by atoms with E-state index in [0.29, 0.717) is 18.7 Å². The third-order valence-electron chi connectivity index (χ3n) is 2.84. The van der Waals surface area contributed by atoms with Crippen LogP contribution in [0, 0.1) is 0 Å². The second-order valence-electron chi connectivity index (χ2n) is 4.25. The number of hydrogen-bond donors (Lipinski definition) is 2. The Balaban J connectivity index is 1.96. The minimum absolute atomic E-state index is 0.399. The van der Waals surface area contributed by atoms with E-state index >= 15 is 0 Å². The lowest BCUT2D eigenvalue weighted by Gasteiger charge is -2.08. The van der Waals surface area contributed by atoms with Gasteiger partial charge in [0.2, 0.25) is 5.91 Å². The number of amides is 1. The van der Waals surface area contributed by atoms with Crippen LogP contribution in [0.2, 0.25) is 5.02 Å². The second kappa shape index (κ2) is 6.36. The van der Waals surface area contributed by atoms with Gasteiger partial charge in [-0.1, -0.05) is 41.9 Å². The van der Waals surface area contributed by atoms with Gasteiger partial charge < -0.3 is 11.1 Å². The molecule has 0 fully saturated rings. The molecule has 0 saturated carbocycles. The van der Waals surface area contributed by atoms with Gasteiger partial charge >= 0.3 is 0 Å². The largest absolute Gasteiger partial charge is 0.366 e. The Morgan fingerprint density at radius 3 is 2.42 bits per heavy atom. The number of carbonyl (C=O) groups excluding carboxylic acids is 1. The number of nitrogens with two attached hydrogens (primary N) is 1. The summed E-state index contributed by atoms with van der Waals surface area (Å²) < 4.78 is 0. The molecule has 0 spiro atoms. The monoisotopic (exact) mass is 274 g/mol. The average Bonchev–Trinajstić information content (AvgIpc) is 2.41. The smallest absolute Gasteiger partial charge is 0.249 e. The van der Waals surface area contributed by atoms with Gasteiger partial charge in [-0.3, -0.25) is 4.79 Å². The summed E-state index contributed by atoms with van der Waals surface area (Å²) >= 11 is 5.83. The second-order valence-corrected chi connectivity index (χ2v) is 4.69. The topological polar surface area (TPSA) is 55.1 Å². The maximum absolute atomic E-state index is 11.3. The molecule has 0 radical (unpaired) electrons. The van der Waals surface area contributed by atoms with E-state index in [9.17, 15) is 4.79 Å². The minimum Gasteiger partial charge on any atom is -0.366 e. The summed E-state index contributed by atoms with van der Waals surface area (Å²) in [6.07, 6.45) is 0. The van der Waals surface area contributed by atoms with Crippen molar-refractivity contribution in [3.05, 3.63) is 70.2 Å². The van der Waals surface area contributed by atoms with E-state index in [1.165, 1.54) is 0 Å². The zero-order chi connectivity index (χ0) is 13.7. The van der Waals surface area contributed by atoms with Crippen LogP contribution in [0.1, 0.15) is 21.5 Å². The highest BCUT2D eigenvalue weighted by molar-refractivity contribution is 6.30. The summed E-state index contributed by atoms with van der Waals surface area (Å²) in [4.78, 5) is 11.3. The van der Waals surface area contributed by atoms with Crippen molar-refractivity contribution in [2.75, 3.05) is 0 Å². The molecule has 0 unspecified atom stereocenters. The Bertz CT molecular complexity index is 567. The summed E-state index contributed by atoms with van der Waals surface area (Å²) in [5.41, 5.74) is 7.94. The lowest BCUT2D eigenvalue weighted by molar-refractivity contribution is 0.0999. The van der Waals surface area contributed by atoms with Crippen molar-refractivity contribution in [2.24, 2.45) is 5.73 Å². The fourth-order valence-electron chi connectivity index (χ4n) is 1.86. The third kappa shape index (κ3) is 3.81. The molecule has 2 aromatic carbocycles. The van der Waals surface area contributed by atoms with E-state index in [2.05, 4.69) is 5.32 Å². The fourth-order valence-corrected chi connectivity index (χ4v) is 1.98. The van der Waals surface area contributed by atoms with Gasteiger partial charge in [0.25, 0.3) is 0 Å². The van der Waals surface area contributed by atoms with Crippen molar-refractivity contribution in [3.63, 3.8) is 0 Å². The molecule has 3 nitrogen and oxygen atoms in total. The first kappa shape index (κ1) is 13.6. The predicted molar refractivity (Wildman–Crippen MR) is 77.0 cm³/mol. The maximum atomic E-state index is 11.3. The van der Waals surface area contributed by atoms with Crippen molar-refractivity contribution in [3.8, 4) is 0 Å². The number of benzene rings is 2. The number of primary amides is 1. The van der Waals surface area contributed by atoms with Crippen LogP contribution < -0.4 is 11.1 Å². The molecule has 0 heterocycles. The van der Waals surface area contributed by atoms with Gasteiger partial charge in [-0.15, -0.1) is 0 Å². The molecule has 0 saturated heterocycles. The first-order valence-electron chi connectivity index (χ1n) is 5.99. The number of nitrogens with one attached hydrogen (secondary N) is 1. The van der Waals surface area contributed by atoms with Crippen molar-refractivity contribution >= 4 is 17.5 Å². The average molecular weight is 275 g/mol.